The van der Waals surface area contributed by atoms with Gasteiger partial charge >= 0.3 is 5.97 Å². The largest absolute Gasteiger partial charge is 0.494 e. The molecule has 21 heavy (non-hydrogen) atoms. The highest BCUT2D eigenvalue weighted by Crippen LogP contribution is 2.36. The van der Waals surface area contributed by atoms with Crippen molar-refractivity contribution in [2.45, 2.75) is 46.2 Å². The van der Waals surface area contributed by atoms with Crippen molar-refractivity contribution in [2.75, 3.05) is 13.2 Å². The lowest BCUT2D eigenvalue weighted by Gasteiger charge is -2.44. The van der Waals surface area contributed by atoms with Crippen molar-refractivity contribution in [1.29, 1.82) is 0 Å². The number of piperidine rings is 1. The van der Waals surface area contributed by atoms with Gasteiger partial charge in [-0.25, -0.2) is 0 Å². The van der Waals surface area contributed by atoms with Crippen LogP contribution in [0.2, 0.25) is 0 Å². The number of benzene rings is 1. The third-order valence-corrected chi connectivity index (χ3v) is 4.23. The van der Waals surface area contributed by atoms with Crippen LogP contribution in [-0.2, 0) is 11.3 Å². The second kappa shape index (κ2) is 6.48. The highest BCUT2D eigenvalue weighted by Gasteiger charge is 2.42. The lowest BCUT2D eigenvalue weighted by atomic mass is 9.76. The van der Waals surface area contributed by atoms with Crippen molar-refractivity contribution < 1.29 is 14.6 Å². The Kier molecular flexibility index (Phi) is 4.88. The van der Waals surface area contributed by atoms with Crippen LogP contribution in [0.25, 0.3) is 0 Å². The molecule has 1 unspecified atom stereocenters. The molecule has 0 amide bonds. The molecule has 1 heterocycles. The average molecular weight is 291 g/mol. The number of likely N-dealkylation sites (tertiary alicyclic amines) is 1. The lowest BCUT2D eigenvalue weighted by molar-refractivity contribution is -0.151. The third kappa shape index (κ3) is 3.76. The van der Waals surface area contributed by atoms with Crippen molar-refractivity contribution in [1.82, 2.24) is 4.90 Å². The van der Waals surface area contributed by atoms with Gasteiger partial charge in [-0.3, -0.25) is 9.69 Å². The van der Waals surface area contributed by atoms with Crippen LogP contribution >= 0.6 is 0 Å². The summed E-state index contributed by atoms with van der Waals surface area (Å²) in [5.41, 5.74) is 0.942. The highest BCUT2D eigenvalue weighted by molar-refractivity contribution is 5.74. The van der Waals surface area contributed by atoms with Crippen LogP contribution < -0.4 is 4.74 Å². The number of aliphatic carboxylic acids is 1. The zero-order chi connectivity index (χ0) is 15.5. The minimum absolute atomic E-state index is 0.185. The summed E-state index contributed by atoms with van der Waals surface area (Å²) in [4.78, 5) is 13.7. The monoisotopic (exact) mass is 291 g/mol. The van der Waals surface area contributed by atoms with Gasteiger partial charge < -0.3 is 9.84 Å². The Balaban J connectivity index is 2.11. The van der Waals surface area contributed by atoms with E-state index in [1.54, 1.807) is 0 Å². The SMILES string of the molecule is CCOc1ccc(CN2CCCC(C)(C)C2C(=O)O)cc1. The molecule has 2 rings (SSSR count). The standard InChI is InChI=1S/C17H25NO3/c1-4-21-14-8-6-13(7-9-14)12-18-11-5-10-17(2,3)15(18)16(19)20/h6-9,15H,4-5,10-12H2,1-3H3,(H,19,20). The molecule has 0 bridgehead atoms. The molecule has 0 spiro atoms. The summed E-state index contributed by atoms with van der Waals surface area (Å²) in [6.45, 7) is 8.23. The van der Waals surface area contributed by atoms with E-state index in [0.717, 1.165) is 30.7 Å². The Morgan fingerprint density at radius 2 is 2.05 bits per heavy atom. The van der Waals surface area contributed by atoms with Gasteiger partial charge in [-0.15, -0.1) is 0 Å². The number of nitrogens with zero attached hydrogens (tertiary/aromatic N) is 1. The summed E-state index contributed by atoms with van der Waals surface area (Å²) in [5.74, 6) is 0.139. The van der Waals surface area contributed by atoms with Crippen molar-refractivity contribution in [2.24, 2.45) is 5.41 Å². The van der Waals surface area contributed by atoms with Gasteiger partial charge in [0.05, 0.1) is 6.61 Å². The number of hydrogen-bond donors (Lipinski definition) is 1. The Morgan fingerprint density at radius 1 is 1.38 bits per heavy atom. The molecule has 4 nitrogen and oxygen atoms in total. The van der Waals surface area contributed by atoms with Crippen molar-refractivity contribution >= 4 is 5.97 Å². The molecule has 1 aromatic rings. The second-order valence-corrected chi connectivity index (χ2v) is 6.38. The van der Waals surface area contributed by atoms with E-state index in [9.17, 15) is 9.90 Å². The Bertz CT molecular complexity index is 481. The zero-order valence-corrected chi connectivity index (χ0v) is 13.1. The zero-order valence-electron chi connectivity index (χ0n) is 13.1. The van der Waals surface area contributed by atoms with Gasteiger partial charge in [0.25, 0.3) is 0 Å². The average Bonchev–Trinajstić information content (AvgIpc) is 2.40. The lowest BCUT2D eigenvalue weighted by Crippen LogP contribution is -2.53. The molecule has 0 saturated carbocycles. The first-order chi connectivity index (χ1) is 9.94. The molecule has 1 aromatic carbocycles. The number of hydrogen-bond acceptors (Lipinski definition) is 3. The molecular formula is C17H25NO3. The number of carboxylic acids is 1. The summed E-state index contributed by atoms with van der Waals surface area (Å²) in [6.07, 6.45) is 2.01. The first-order valence-electron chi connectivity index (χ1n) is 7.62. The van der Waals surface area contributed by atoms with Crippen molar-refractivity contribution in [3.8, 4) is 5.75 Å². The number of carbonyl (C=O) groups is 1. The van der Waals surface area contributed by atoms with Gasteiger partial charge in [0.1, 0.15) is 11.8 Å². The third-order valence-electron chi connectivity index (χ3n) is 4.23. The molecular weight excluding hydrogens is 266 g/mol. The molecule has 4 heteroatoms. The van der Waals surface area contributed by atoms with E-state index in [0.29, 0.717) is 13.2 Å². The van der Waals surface area contributed by atoms with E-state index in [2.05, 4.69) is 18.7 Å². The van der Waals surface area contributed by atoms with Gasteiger partial charge in [-0.05, 0) is 49.4 Å². The van der Waals surface area contributed by atoms with Crippen LogP contribution in [0.4, 0.5) is 0 Å². The normalized spacial score (nSPS) is 22.0. The smallest absolute Gasteiger partial charge is 0.321 e. The van der Waals surface area contributed by atoms with Crippen LogP contribution in [0.5, 0.6) is 5.75 Å². The van der Waals surface area contributed by atoms with Gasteiger partial charge in [0.2, 0.25) is 0 Å². The Hall–Kier alpha value is -1.55. The van der Waals surface area contributed by atoms with Crippen LogP contribution in [-0.4, -0.2) is 35.2 Å². The molecule has 1 N–H and O–H groups in total. The number of ether oxygens (including phenoxy) is 1. The summed E-state index contributed by atoms with van der Waals surface area (Å²) in [7, 11) is 0. The topological polar surface area (TPSA) is 49.8 Å². The van der Waals surface area contributed by atoms with E-state index in [4.69, 9.17) is 4.74 Å². The summed E-state index contributed by atoms with van der Waals surface area (Å²) in [5, 5.41) is 9.57. The van der Waals surface area contributed by atoms with Crippen molar-refractivity contribution in [3.63, 3.8) is 0 Å². The highest BCUT2D eigenvalue weighted by atomic mass is 16.5. The maximum absolute atomic E-state index is 11.6. The second-order valence-electron chi connectivity index (χ2n) is 6.38. The van der Waals surface area contributed by atoms with E-state index in [1.807, 2.05) is 31.2 Å². The molecule has 1 saturated heterocycles. The van der Waals surface area contributed by atoms with Gasteiger partial charge in [-0.1, -0.05) is 26.0 Å². The summed E-state index contributed by atoms with van der Waals surface area (Å²) < 4.78 is 5.44. The maximum atomic E-state index is 11.6. The first kappa shape index (κ1) is 15.8. The molecule has 1 aliphatic rings. The van der Waals surface area contributed by atoms with Gasteiger partial charge in [0.15, 0.2) is 0 Å². The minimum atomic E-state index is -0.717. The fraction of sp³-hybridized carbons (Fsp3) is 0.588. The maximum Gasteiger partial charge on any atom is 0.321 e. The number of rotatable bonds is 5. The van der Waals surface area contributed by atoms with Crippen LogP contribution in [0.3, 0.4) is 0 Å². The van der Waals surface area contributed by atoms with Gasteiger partial charge in [0, 0.05) is 6.54 Å². The molecule has 116 valence electrons. The first-order valence-corrected chi connectivity index (χ1v) is 7.62. The fourth-order valence-electron chi connectivity index (χ4n) is 3.25. The fourth-order valence-corrected chi connectivity index (χ4v) is 3.25. The molecule has 1 aliphatic heterocycles. The molecule has 0 aliphatic carbocycles. The molecule has 0 aromatic heterocycles. The van der Waals surface area contributed by atoms with E-state index in [1.165, 1.54) is 0 Å². The summed E-state index contributed by atoms with van der Waals surface area (Å²) >= 11 is 0. The van der Waals surface area contributed by atoms with Crippen LogP contribution in [0.1, 0.15) is 39.2 Å². The Labute approximate surface area is 126 Å². The van der Waals surface area contributed by atoms with Crippen LogP contribution in [0.15, 0.2) is 24.3 Å². The number of carboxylic acid groups (broad SMARTS) is 1. The quantitative estimate of drug-likeness (QED) is 0.905. The molecule has 1 atom stereocenters. The van der Waals surface area contributed by atoms with Crippen LogP contribution in [0, 0.1) is 5.41 Å². The Morgan fingerprint density at radius 3 is 2.62 bits per heavy atom. The summed E-state index contributed by atoms with van der Waals surface area (Å²) in [6, 6.07) is 7.52. The van der Waals surface area contributed by atoms with Crippen molar-refractivity contribution in [3.05, 3.63) is 29.8 Å². The minimum Gasteiger partial charge on any atom is -0.494 e. The van der Waals surface area contributed by atoms with E-state index < -0.39 is 12.0 Å². The van der Waals surface area contributed by atoms with Gasteiger partial charge in [-0.2, -0.15) is 0 Å². The molecule has 0 radical (unpaired) electrons. The van der Waals surface area contributed by atoms with E-state index in [-0.39, 0.29) is 5.41 Å². The molecule has 1 fully saturated rings. The predicted octanol–water partition coefficient (Wildman–Crippen LogP) is 3.16. The predicted molar refractivity (Wildman–Crippen MR) is 82.5 cm³/mol. The van der Waals surface area contributed by atoms with E-state index >= 15 is 0 Å².